The molecule has 2 aliphatic rings. The van der Waals surface area contributed by atoms with Crippen molar-refractivity contribution in [3.05, 3.63) is 52.8 Å². The molecular formula is C19H26N5O4P. The second kappa shape index (κ2) is 8.77. The lowest BCUT2D eigenvalue weighted by molar-refractivity contribution is -0.384. The monoisotopic (exact) mass is 419 g/mol. The van der Waals surface area contributed by atoms with Gasteiger partial charge in [0.1, 0.15) is 7.36 Å². The summed E-state index contributed by atoms with van der Waals surface area (Å²) in [6.07, 6.45) is 4.20. The molecule has 156 valence electrons. The smallest absolute Gasteiger partial charge is 0.269 e. The number of rotatable bonds is 5. The lowest BCUT2D eigenvalue weighted by Gasteiger charge is -2.46. The summed E-state index contributed by atoms with van der Waals surface area (Å²) in [5.74, 6) is 0. The van der Waals surface area contributed by atoms with Gasteiger partial charge in [0.2, 0.25) is 0 Å². The predicted octanol–water partition coefficient (Wildman–Crippen LogP) is 2.59. The summed E-state index contributed by atoms with van der Waals surface area (Å²) >= 11 is 0. The Kier molecular flexibility index (Phi) is 6.12. The average molecular weight is 419 g/mol. The third-order valence-electron chi connectivity index (χ3n) is 5.24. The minimum absolute atomic E-state index is 0.0744. The fourth-order valence-electron chi connectivity index (χ4n) is 3.82. The Bertz CT molecular complexity index is 880. The second-order valence-corrected chi connectivity index (χ2v) is 10.1. The van der Waals surface area contributed by atoms with Crippen LogP contribution in [-0.2, 0) is 16.5 Å². The van der Waals surface area contributed by atoms with Crippen molar-refractivity contribution in [2.24, 2.45) is 11.8 Å². The molecule has 0 N–H and O–H groups in total. The van der Waals surface area contributed by atoms with Gasteiger partial charge in [-0.25, -0.2) is 14.1 Å². The van der Waals surface area contributed by atoms with E-state index in [1.54, 1.807) is 12.1 Å². The Labute approximate surface area is 170 Å². The van der Waals surface area contributed by atoms with E-state index in [1.165, 1.54) is 17.4 Å². The third-order valence-corrected chi connectivity index (χ3v) is 9.09. The maximum Gasteiger partial charge on any atom is 0.269 e. The van der Waals surface area contributed by atoms with Crippen LogP contribution in [0.25, 0.3) is 0 Å². The largest absolute Gasteiger partial charge is 0.379 e. The van der Waals surface area contributed by atoms with Crippen molar-refractivity contribution < 1.29 is 14.4 Å². The van der Waals surface area contributed by atoms with Crippen LogP contribution >= 0.6 is 7.36 Å². The number of aromatic nitrogens is 1. The number of nitro benzene ring substituents is 1. The third kappa shape index (κ3) is 4.15. The Hall–Kier alpha value is -2.03. The topological polar surface area (TPSA) is 85.4 Å². The van der Waals surface area contributed by atoms with Crippen molar-refractivity contribution in [1.29, 1.82) is 0 Å². The van der Waals surface area contributed by atoms with Crippen LogP contribution in [0.1, 0.15) is 0 Å². The van der Waals surface area contributed by atoms with Gasteiger partial charge in [0.25, 0.3) is 5.69 Å². The first-order chi connectivity index (χ1) is 14.1. The van der Waals surface area contributed by atoms with E-state index >= 15 is 0 Å². The molecule has 29 heavy (non-hydrogen) atoms. The number of nitro groups is 1. The zero-order chi connectivity index (χ0) is 20.3. The summed E-state index contributed by atoms with van der Waals surface area (Å²) in [6, 6.07) is 8.69. The van der Waals surface area contributed by atoms with Gasteiger partial charge in [0.05, 0.1) is 37.0 Å². The van der Waals surface area contributed by atoms with E-state index in [-0.39, 0.29) is 10.6 Å². The van der Waals surface area contributed by atoms with E-state index in [0.717, 1.165) is 31.9 Å². The summed E-state index contributed by atoms with van der Waals surface area (Å²) < 4.78 is 23.6. The second-order valence-electron chi connectivity index (χ2n) is 7.11. The Morgan fingerprint density at radius 1 is 0.966 bits per heavy atom. The molecule has 0 unspecified atom stereocenters. The van der Waals surface area contributed by atoms with Gasteiger partial charge in [-0.1, -0.05) is 0 Å². The van der Waals surface area contributed by atoms with Crippen LogP contribution in [0.2, 0.25) is 0 Å². The van der Waals surface area contributed by atoms with Crippen molar-refractivity contribution in [1.82, 2.24) is 13.9 Å². The van der Waals surface area contributed by atoms with Crippen molar-refractivity contribution in [3.8, 4) is 0 Å². The highest BCUT2D eigenvalue weighted by Crippen LogP contribution is 2.58. The summed E-state index contributed by atoms with van der Waals surface area (Å²) in [7, 11) is -0.282. The highest BCUT2D eigenvalue weighted by Gasteiger charge is 2.38. The molecule has 0 saturated carbocycles. The van der Waals surface area contributed by atoms with Crippen LogP contribution in [0.5, 0.6) is 0 Å². The van der Waals surface area contributed by atoms with Gasteiger partial charge in [-0.05, 0) is 18.2 Å². The standard InChI is InChI=1S/C19H26N5O4P/c1-21-7-6-19(16-21)29(22-8-12-27-13-9-22,23-10-14-28-15-11-23)20-17-2-4-18(5-3-17)24(25)26/h2-7,16H,8-15H2,1H3. The maximum atomic E-state index is 11.1. The molecule has 10 heteroatoms. The summed E-state index contributed by atoms with van der Waals surface area (Å²) in [5.41, 5.74) is 0.830. The SMILES string of the molecule is Cn1ccc(P(=Nc2ccc([N+](=O)[O-])cc2)(N2CCOCC2)N2CCOCC2)c1. The molecule has 0 bridgehead atoms. The highest BCUT2D eigenvalue weighted by atomic mass is 31.2. The van der Waals surface area contributed by atoms with Gasteiger partial charge in [0, 0.05) is 63.1 Å². The molecule has 4 rings (SSSR count). The predicted molar refractivity (Wildman–Crippen MR) is 112 cm³/mol. The highest BCUT2D eigenvalue weighted by molar-refractivity contribution is 7.69. The Balaban J connectivity index is 1.88. The molecule has 0 amide bonds. The van der Waals surface area contributed by atoms with Gasteiger partial charge in [-0.15, -0.1) is 0 Å². The zero-order valence-corrected chi connectivity index (χ0v) is 17.4. The molecule has 2 fully saturated rings. The van der Waals surface area contributed by atoms with E-state index in [9.17, 15) is 10.1 Å². The molecule has 0 spiro atoms. The van der Waals surface area contributed by atoms with E-state index < -0.39 is 7.36 Å². The molecule has 9 nitrogen and oxygen atoms in total. The molecular weight excluding hydrogens is 393 g/mol. The maximum absolute atomic E-state index is 11.1. The van der Waals surface area contributed by atoms with Crippen LogP contribution < -0.4 is 5.30 Å². The number of benzene rings is 1. The van der Waals surface area contributed by atoms with Crippen molar-refractivity contribution in [3.63, 3.8) is 0 Å². The fraction of sp³-hybridized carbons (Fsp3) is 0.474. The van der Waals surface area contributed by atoms with Gasteiger partial charge in [-0.3, -0.25) is 10.1 Å². The van der Waals surface area contributed by atoms with Crippen LogP contribution in [0.3, 0.4) is 0 Å². The molecule has 0 atom stereocenters. The molecule has 0 radical (unpaired) electrons. The lowest BCUT2D eigenvalue weighted by Crippen LogP contribution is -2.46. The van der Waals surface area contributed by atoms with Crippen molar-refractivity contribution in [2.75, 3.05) is 52.6 Å². The van der Waals surface area contributed by atoms with Crippen molar-refractivity contribution in [2.45, 2.75) is 0 Å². The Morgan fingerprint density at radius 2 is 1.52 bits per heavy atom. The number of morpholine rings is 2. The molecule has 1 aromatic carbocycles. The van der Waals surface area contributed by atoms with Gasteiger partial charge in [-0.2, -0.15) is 0 Å². The normalized spacial score (nSPS) is 19.2. The lowest BCUT2D eigenvalue weighted by atomic mass is 10.3. The van der Waals surface area contributed by atoms with Crippen LogP contribution in [0.15, 0.2) is 47.5 Å². The Morgan fingerprint density at radius 3 is 1.97 bits per heavy atom. The molecule has 0 aliphatic carbocycles. The first kappa shape index (κ1) is 20.3. The quantitative estimate of drug-likeness (QED) is 0.421. The molecule has 3 heterocycles. The van der Waals surface area contributed by atoms with E-state index in [2.05, 4.69) is 32.4 Å². The number of hydrogen-bond acceptors (Lipinski definition) is 5. The number of nitrogens with zero attached hydrogens (tertiary/aromatic N) is 5. The number of aryl methyl sites for hydroxylation is 1. The number of ether oxygens (including phenoxy) is 2. The minimum Gasteiger partial charge on any atom is -0.379 e. The van der Waals surface area contributed by atoms with Gasteiger partial charge < -0.3 is 14.0 Å². The van der Waals surface area contributed by atoms with Crippen LogP contribution in [-0.4, -0.2) is 71.4 Å². The van der Waals surface area contributed by atoms with Crippen LogP contribution in [0, 0.1) is 10.1 Å². The van der Waals surface area contributed by atoms with Crippen LogP contribution in [0.4, 0.5) is 11.4 Å². The van der Waals surface area contributed by atoms with E-state index in [4.69, 9.17) is 14.2 Å². The average Bonchev–Trinajstić information content (AvgIpc) is 3.20. The van der Waals surface area contributed by atoms with E-state index in [1.807, 2.05) is 7.05 Å². The first-order valence-corrected chi connectivity index (χ1v) is 11.4. The molecule has 1 aromatic heterocycles. The fourth-order valence-corrected chi connectivity index (χ4v) is 7.70. The van der Waals surface area contributed by atoms with Gasteiger partial charge >= 0.3 is 0 Å². The van der Waals surface area contributed by atoms with Crippen molar-refractivity contribution >= 4 is 24.0 Å². The van der Waals surface area contributed by atoms with Gasteiger partial charge in [0.15, 0.2) is 0 Å². The zero-order valence-electron chi connectivity index (χ0n) is 16.5. The minimum atomic E-state index is -2.30. The summed E-state index contributed by atoms with van der Waals surface area (Å²) in [4.78, 5) is 10.7. The summed E-state index contributed by atoms with van der Waals surface area (Å²) in [6.45, 7) is 5.91. The summed E-state index contributed by atoms with van der Waals surface area (Å²) in [5, 5.41) is 12.2. The number of non-ortho nitro benzene ring substituents is 1. The molecule has 2 aliphatic heterocycles. The first-order valence-electron chi connectivity index (χ1n) is 9.75. The van der Waals surface area contributed by atoms with E-state index in [0.29, 0.717) is 26.4 Å². The number of hydrogen-bond donors (Lipinski definition) is 0. The molecule has 2 aromatic rings. The molecule has 2 saturated heterocycles.